The molecule has 1 aliphatic heterocycles. The van der Waals surface area contributed by atoms with Crippen LogP contribution in [-0.2, 0) is 11.2 Å². The van der Waals surface area contributed by atoms with Crippen LogP contribution in [0.3, 0.4) is 0 Å². The van der Waals surface area contributed by atoms with Crippen LogP contribution in [0.25, 0.3) is 0 Å². The van der Waals surface area contributed by atoms with E-state index < -0.39 is 5.97 Å². The molecule has 0 radical (unpaired) electrons. The van der Waals surface area contributed by atoms with Crippen LogP contribution in [-0.4, -0.2) is 29.7 Å². The van der Waals surface area contributed by atoms with E-state index in [9.17, 15) is 9.59 Å². The van der Waals surface area contributed by atoms with Crippen molar-refractivity contribution in [2.24, 2.45) is 5.92 Å². The van der Waals surface area contributed by atoms with Crippen molar-refractivity contribution < 1.29 is 14.7 Å². The fraction of sp³-hybridized carbons (Fsp3) is 0.500. The van der Waals surface area contributed by atoms with E-state index in [1.165, 1.54) is 5.56 Å². The van der Waals surface area contributed by atoms with Crippen LogP contribution in [0, 0.1) is 5.92 Å². The third-order valence-electron chi connectivity index (χ3n) is 3.87. The Labute approximate surface area is 125 Å². The third-order valence-corrected chi connectivity index (χ3v) is 3.87. The van der Waals surface area contributed by atoms with Crippen molar-refractivity contribution in [3.63, 3.8) is 0 Å². The molecule has 5 nitrogen and oxygen atoms in total. The van der Waals surface area contributed by atoms with Crippen molar-refractivity contribution in [3.8, 4) is 0 Å². The number of nitrogens with one attached hydrogen (secondary N) is 1. The van der Waals surface area contributed by atoms with Gasteiger partial charge in [0.1, 0.15) is 0 Å². The van der Waals surface area contributed by atoms with Gasteiger partial charge < -0.3 is 10.4 Å². The number of carboxylic acid groups (broad SMARTS) is 1. The van der Waals surface area contributed by atoms with E-state index in [1.54, 1.807) is 4.90 Å². The Morgan fingerprint density at radius 3 is 2.86 bits per heavy atom. The number of aryl methyl sites for hydroxylation is 1. The summed E-state index contributed by atoms with van der Waals surface area (Å²) in [5.41, 5.74) is 2.14. The minimum absolute atomic E-state index is 0.0619. The van der Waals surface area contributed by atoms with Crippen molar-refractivity contribution >= 4 is 17.7 Å². The number of hydrogen-bond acceptors (Lipinski definition) is 2. The highest BCUT2D eigenvalue weighted by molar-refractivity contribution is 5.93. The van der Waals surface area contributed by atoms with Gasteiger partial charge in [-0.15, -0.1) is 0 Å². The van der Waals surface area contributed by atoms with E-state index in [4.69, 9.17) is 5.11 Å². The molecule has 2 N–H and O–H groups in total. The van der Waals surface area contributed by atoms with Gasteiger partial charge in [-0.2, -0.15) is 0 Å². The number of nitrogens with zero attached hydrogens (tertiary/aromatic N) is 1. The number of para-hydroxylation sites is 1. The molecule has 0 saturated carbocycles. The summed E-state index contributed by atoms with van der Waals surface area (Å²) in [6, 6.07) is 7.94. The first kappa shape index (κ1) is 15.4. The van der Waals surface area contributed by atoms with Crippen LogP contribution >= 0.6 is 0 Å². The van der Waals surface area contributed by atoms with E-state index in [1.807, 2.05) is 32.0 Å². The van der Waals surface area contributed by atoms with Crippen LogP contribution in [0.5, 0.6) is 0 Å². The zero-order chi connectivity index (χ0) is 15.4. The molecule has 0 bridgehead atoms. The molecule has 2 rings (SSSR count). The van der Waals surface area contributed by atoms with Crippen molar-refractivity contribution in [2.75, 3.05) is 11.4 Å². The number of rotatable bonds is 4. The monoisotopic (exact) mass is 290 g/mol. The number of urea groups is 1. The lowest BCUT2D eigenvalue weighted by Crippen LogP contribution is -2.48. The highest BCUT2D eigenvalue weighted by Crippen LogP contribution is 2.30. The summed E-state index contributed by atoms with van der Waals surface area (Å²) < 4.78 is 0. The Kier molecular flexibility index (Phi) is 4.83. The molecule has 2 unspecified atom stereocenters. The predicted octanol–water partition coefficient (Wildman–Crippen LogP) is 2.65. The molecule has 1 aromatic carbocycles. The lowest BCUT2D eigenvalue weighted by Gasteiger charge is -2.35. The molecule has 0 aliphatic carbocycles. The second kappa shape index (κ2) is 6.61. The Morgan fingerprint density at radius 1 is 1.43 bits per heavy atom. The van der Waals surface area contributed by atoms with Crippen LogP contribution in [0.15, 0.2) is 24.3 Å². The Bertz CT molecular complexity index is 530. The first-order valence-corrected chi connectivity index (χ1v) is 7.35. The van der Waals surface area contributed by atoms with Gasteiger partial charge in [-0.1, -0.05) is 25.1 Å². The molecular formula is C16H22N2O3. The summed E-state index contributed by atoms with van der Waals surface area (Å²) in [5.74, 6) is -0.921. The maximum absolute atomic E-state index is 12.4. The van der Waals surface area contributed by atoms with Crippen LogP contribution in [0.4, 0.5) is 10.5 Å². The van der Waals surface area contributed by atoms with Crippen molar-refractivity contribution in [1.82, 2.24) is 5.32 Å². The van der Waals surface area contributed by atoms with Crippen molar-refractivity contribution in [1.29, 1.82) is 0 Å². The fourth-order valence-electron chi connectivity index (χ4n) is 2.71. The van der Waals surface area contributed by atoms with E-state index in [2.05, 4.69) is 11.4 Å². The molecular weight excluding hydrogens is 268 g/mol. The predicted molar refractivity (Wildman–Crippen MR) is 81.5 cm³/mol. The van der Waals surface area contributed by atoms with E-state index in [0.29, 0.717) is 6.54 Å². The zero-order valence-corrected chi connectivity index (χ0v) is 12.5. The number of hydrogen-bond donors (Lipinski definition) is 2. The van der Waals surface area contributed by atoms with Gasteiger partial charge in [0, 0.05) is 24.7 Å². The molecule has 0 aromatic heterocycles. The lowest BCUT2D eigenvalue weighted by atomic mass is 9.97. The number of aliphatic carboxylic acids is 1. The maximum Gasteiger partial charge on any atom is 0.322 e. The second-order valence-corrected chi connectivity index (χ2v) is 5.78. The molecule has 21 heavy (non-hydrogen) atoms. The highest BCUT2D eigenvalue weighted by atomic mass is 16.4. The van der Waals surface area contributed by atoms with Crippen LogP contribution < -0.4 is 10.2 Å². The Balaban J connectivity index is 2.03. The standard InChI is InChI=1S/C16H22N2O3/c1-11(9-15(19)20)10-17-16(21)18-12(2)7-8-13-5-3-4-6-14(13)18/h3-6,11-12H,7-10H2,1-2H3,(H,17,21)(H,19,20). The minimum Gasteiger partial charge on any atom is -0.481 e. The molecule has 0 fully saturated rings. The molecule has 5 heteroatoms. The van der Waals surface area contributed by atoms with Gasteiger partial charge >= 0.3 is 12.0 Å². The number of carbonyl (C=O) groups excluding carboxylic acids is 1. The summed E-state index contributed by atoms with van der Waals surface area (Å²) in [7, 11) is 0. The smallest absolute Gasteiger partial charge is 0.322 e. The minimum atomic E-state index is -0.839. The molecule has 1 aromatic rings. The molecule has 1 aliphatic rings. The van der Waals surface area contributed by atoms with Crippen molar-refractivity contribution in [3.05, 3.63) is 29.8 Å². The second-order valence-electron chi connectivity index (χ2n) is 5.78. The molecule has 1 heterocycles. The van der Waals surface area contributed by atoms with Crippen LogP contribution in [0.1, 0.15) is 32.3 Å². The van der Waals surface area contributed by atoms with Gasteiger partial charge in [-0.05, 0) is 37.3 Å². The lowest BCUT2D eigenvalue weighted by molar-refractivity contribution is -0.137. The number of carboxylic acids is 1. The molecule has 0 spiro atoms. The fourth-order valence-corrected chi connectivity index (χ4v) is 2.71. The number of amides is 2. The SMILES string of the molecule is CC(CNC(=O)N1c2ccccc2CCC1C)CC(=O)O. The number of fused-ring (bicyclic) bond motifs is 1. The topological polar surface area (TPSA) is 69.6 Å². The molecule has 2 amide bonds. The quantitative estimate of drug-likeness (QED) is 0.895. The maximum atomic E-state index is 12.4. The van der Waals surface area contributed by atoms with E-state index in [-0.39, 0.29) is 24.4 Å². The summed E-state index contributed by atoms with van der Waals surface area (Å²) >= 11 is 0. The molecule has 114 valence electrons. The first-order valence-electron chi connectivity index (χ1n) is 7.35. The number of anilines is 1. The van der Waals surface area contributed by atoms with E-state index >= 15 is 0 Å². The van der Waals surface area contributed by atoms with Crippen LogP contribution in [0.2, 0.25) is 0 Å². The van der Waals surface area contributed by atoms with Crippen molar-refractivity contribution in [2.45, 2.75) is 39.2 Å². The Hall–Kier alpha value is -2.04. The molecule has 0 saturated heterocycles. The van der Waals surface area contributed by atoms with E-state index in [0.717, 1.165) is 18.5 Å². The normalized spacial score (nSPS) is 18.8. The van der Waals surface area contributed by atoms with Gasteiger partial charge in [-0.25, -0.2) is 4.79 Å². The number of benzene rings is 1. The largest absolute Gasteiger partial charge is 0.481 e. The van der Waals surface area contributed by atoms with Gasteiger partial charge in [-0.3, -0.25) is 9.69 Å². The summed E-state index contributed by atoms with van der Waals surface area (Å²) in [6.45, 7) is 4.23. The average Bonchev–Trinajstić information content (AvgIpc) is 2.44. The third kappa shape index (κ3) is 3.74. The van der Waals surface area contributed by atoms with Gasteiger partial charge in [0.15, 0.2) is 0 Å². The Morgan fingerprint density at radius 2 is 2.14 bits per heavy atom. The van der Waals surface area contributed by atoms with Gasteiger partial charge in [0.25, 0.3) is 0 Å². The summed E-state index contributed by atoms with van der Waals surface area (Å²) in [6.07, 6.45) is 1.98. The van der Waals surface area contributed by atoms with Gasteiger partial charge in [0.2, 0.25) is 0 Å². The molecule has 2 atom stereocenters. The highest BCUT2D eigenvalue weighted by Gasteiger charge is 2.27. The summed E-state index contributed by atoms with van der Waals surface area (Å²) in [5, 5.41) is 11.6. The first-order chi connectivity index (χ1) is 9.99. The number of carbonyl (C=O) groups is 2. The summed E-state index contributed by atoms with van der Waals surface area (Å²) in [4.78, 5) is 24.9. The van der Waals surface area contributed by atoms with Gasteiger partial charge in [0.05, 0.1) is 0 Å². The zero-order valence-electron chi connectivity index (χ0n) is 12.5. The average molecular weight is 290 g/mol.